The summed E-state index contributed by atoms with van der Waals surface area (Å²) in [5.41, 5.74) is 0. The second-order valence-electron chi connectivity index (χ2n) is 4.22. The van der Waals surface area contributed by atoms with Crippen LogP contribution in [0.15, 0.2) is 6.33 Å². The average molecular weight is 301 g/mol. The molecule has 0 bridgehead atoms. The second kappa shape index (κ2) is 7.25. The molecule has 0 radical (unpaired) electrons. The summed E-state index contributed by atoms with van der Waals surface area (Å²) in [6, 6.07) is 0. The van der Waals surface area contributed by atoms with Crippen LogP contribution in [-0.2, 0) is 9.53 Å². The molecule has 1 aliphatic rings. The van der Waals surface area contributed by atoms with Gasteiger partial charge in [-0.05, 0) is 0 Å². The van der Waals surface area contributed by atoms with Crippen molar-refractivity contribution in [1.82, 2.24) is 14.9 Å². The molecule has 1 fully saturated rings. The molecule has 0 saturated carbocycles. The first-order chi connectivity index (χ1) is 9.72. The van der Waals surface area contributed by atoms with Gasteiger partial charge in [0.1, 0.15) is 6.33 Å². The van der Waals surface area contributed by atoms with Crippen LogP contribution in [0.3, 0.4) is 0 Å². The molecule has 2 rings (SSSR count). The summed E-state index contributed by atoms with van der Waals surface area (Å²) in [5.74, 6) is 0.968. The van der Waals surface area contributed by atoms with Gasteiger partial charge in [-0.1, -0.05) is 11.6 Å². The Labute approximate surface area is 122 Å². The molecule has 2 heterocycles. The third-order valence-electron chi connectivity index (χ3n) is 2.96. The Morgan fingerprint density at radius 2 is 2.25 bits per heavy atom. The molecule has 8 heteroatoms. The number of anilines is 1. The molecule has 0 unspecified atom stereocenters. The minimum absolute atomic E-state index is 0.0971. The zero-order valence-corrected chi connectivity index (χ0v) is 12.0. The summed E-state index contributed by atoms with van der Waals surface area (Å²) >= 11 is 5.89. The highest BCUT2D eigenvalue weighted by atomic mass is 35.5. The standard InChI is InChI=1S/C12H17ClN4O3/c1-19-10-11(13)15-8-16-12(10)14-3-2-9(18)17-4-6-20-7-5-17/h8H,2-7H2,1H3,(H,14,15,16). The molecule has 1 aromatic rings. The van der Waals surface area contributed by atoms with Crippen molar-refractivity contribution < 1.29 is 14.3 Å². The number of nitrogens with one attached hydrogen (secondary N) is 1. The number of halogens is 1. The Hall–Kier alpha value is -1.60. The molecule has 1 aliphatic heterocycles. The number of carbonyl (C=O) groups excluding carboxylic acids is 1. The van der Waals surface area contributed by atoms with Gasteiger partial charge >= 0.3 is 0 Å². The van der Waals surface area contributed by atoms with Gasteiger partial charge in [-0.3, -0.25) is 4.79 Å². The largest absolute Gasteiger partial charge is 0.490 e. The van der Waals surface area contributed by atoms with E-state index in [-0.39, 0.29) is 11.1 Å². The highest BCUT2D eigenvalue weighted by Gasteiger charge is 2.16. The van der Waals surface area contributed by atoms with Crippen molar-refractivity contribution in [3.05, 3.63) is 11.5 Å². The predicted molar refractivity (Wildman–Crippen MR) is 74.1 cm³/mol. The number of hydrogen-bond donors (Lipinski definition) is 1. The molecule has 0 atom stereocenters. The number of hydrogen-bond acceptors (Lipinski definition) is 6. The van der Waals surface area contributed by atoms with Crippen molar-refractivity contribution in [3.63, 3.8) is 0 Å². The summed E-state index contributed by atoms with van der Waals surface area (Å²) in [4.78, 5) is 21.6. The summed E-state index contributed by atoms with van der Waals surface area (Å²) < 4.78 is 10.3. The third kappa shape index (κ3) is 3.71. The van der Waals surface area contributed by atoms with Crippen LogP contribution < -0.4 is 10.1 Å². The molecule has 0 aromatic carbocycles. The van der Waals surface area contributed by atoms with Crippen molar-refractivity contribution in [2.24, 2.45) is 0 Å². The van der Waals surface area contributed by atoms with Crippen LogP contribution in [0, 0.1) is 0 Å². The SMILES string of the molecule is COc1c(Cl)ncnc1NCCC(=O)N1CCOCC1. The fraction of sp³-hybridized carbons (Fsp3) is 0.583. The smallest absolute Gasteiger partial charge is 0.224 e. The summed E-state index contributed by atoms with van der Waals surface area (Å²) in [6.07, 6.45) is 1.72. The normalized spacial score (nSPS) is 15.0. The van der Waals surface area contributed by atoms with E-state index in [9.17, 15) is 4.79 Å². The van der Waals surface area contributed by atoms with Crippen molar-refractivity contribution in [2.45, 2.75) is 6.42 Å². The van der Waals surface area contributed by atoms with Gasteiger partial charge in [0, 0.05) is 26.1 Å². The number of rotatable bonds is 5. The van der Waals surface area contributed by atoms with Gasteiger partial charge in [0.2, 0.25) is 5.91 Å². The van der Waals surface area contributed by atoms with Crippen molar-refractivity contribution >= 4 is 23.3 Å². The zero-order valence-electron chi connectivity index (χ0n) is 11.3. The van der Waals surface area contributed by atoms with Crippen molar-refractivity contribution in [2.75, 3.05) is 45.3 Å². The van der Waals surface area contributed by atoms with E-state index in [4.69, 9.17) is 21.1 Å². The molecular formula is C12H17ClN4O3. The molecule has 1 amide bonds. The Bertz CT molecular complexity index is 466. The minimum atomic E-state index is 0.0971. The lowest BCUT2D eigenvalue weighted by Crippen LogP contribution is -2.41. The fourth-order valence-electron chi connectivity index (χ4n) is 1.92. The van der Waals surface area contributed by atoms with E-state index in [0.29, 0.717) is 50.8 Å². The lowest BCUT2D eigenvalue weighted by molar-refractivity contribution is -0.134. The number of ether oxygens (including phenoxy) is 2. The highest BCUT2D eigenvalue weighted by Crippen LogP contribution is 2.28. The quantitative estimate of drug-likeness (QED) is 0.811. The van der Waals surface area contributed by atoms with Gasteiger partial charge in [-0.15, -0.1) is 0 Å². The average Bonchev–Trinajstić information content (AvgIpc) is 2.48. The zero-order chi connectivity index (χ0) is 14.4. The van der Waals surface area contributed by atoms with E-state index < -0.39 is 0 Å². The maximum absolute atomic E-state index is 12.0. The lowest BCUT2D eigenvalue weighted by atomic mass is 10.3. The molecule has 1 N–H and O–H groups in total. The van der Waals surface area contributed by atoms with Crippen molar-refractivity contribution in [1.29, 1.82) is 0 Å². The van der Waals surface area contributed by atoms with E-state index in [1.54, 1.807) is 4.90 Å². The molecule has 20 heavy (non-hydrogen) atoms. The fourth-order valence-corrected chi connectivity index (χ4v) is 2.13. The number of aromatic nitrogens is 2. The van der Waals surface area contributed by atoms with Gasteiger partial charge in [-0.2, -0.15) is 0 Å². The number of nitrogens with zero attached hydrogens (tertiary/aromatic N) is 3. The molecule has 1 aromatic heterocycles. The van der Waals surface area contributed by atoms with Crippen molar-refractivity contribution in [3.8, 4) is 5.75 Å². The Kier molecular flexibility index (Phi) is 5.37. The van der Waals surface area contributed by atoms with Crippen LogP contribution in [-0.4, -0.2) is 60.7 Å². The number of morpholine rings is 1. The van der Waals surface area contributed by atoms with Gasteiger partial charge in [-0.25, -0.2) is 9.97 Å². The van der Waals surface area contributed by atoms with E-state index in [1.165, 1.54) is 13.4 Å². The molecule has 1 saturated heterocycles. The first-order valence-electron chi connectivity index (χ1n) is 6.36. The Morgan fingerprint density at radius 3 is 2.95 bits per heavy atom. The van der Waals surface area contributed by atoms with E-state index in [2.05, 4.69) is 15.3 Å². The topological polar surface area (TPSA) is 76.6 Å². The van der Waals surface area contributed by atoms with E-state index in [0.717, 1.165) is 0 Å². The first-order valence-corrected chi connectivity index (χ1v) is 6.74. The summed E-state index contributed by atoms with van der Waals surface area (Å²) in [7, 11) is 1.49. The van der Waals surface area contributed by atoms with Crippen LogP contribution >= 0.6 is 11.6 Å². The van der Waals surface area contributed by atoms with E-state index >= 15 is 0 Å². The third-order valence-corrected chi connectivity index (χ3v) is 3.23. The van der Waals surface area contributed by atoms with Gasteiger partial charge in [0.05, 0.1) is 20.3 Å². The highest BCUT2D eigenvalue weighted by molar-refractivity contribution is 6.31. The van der Waals surface area contributed by atoms with Crippen LogP contribution in [0.1, 0.15) is 6.42 Å². The van der Waals surface area contributed by atoms with Crippen LogP contribution in [0.2, 0.25) is 5.15 Å². The number of carbonyl (C=O) groups is 1. The van der Waals surface area contributed by atoms with Crippen LogP contribution in [0.5, 0.6) is 5.75 Å². The molecular weight excluding hydrogens is 284 g/mol. The summed E-state index contributed by atoms with van der Waals surface area (Å²) in [5, 5.41) is 3.28. The first kappa shape index (κ1) is 14.8. The molecule has 0 aliphatic carbocycles. The second-order valence-corrected chi connectivity index (χ2v) is 4.57. The minimum Gasteiger partial charge on any atom is -0.490 e. The Morgan fingerprint density at radius 1 is 1.50 bits per heavy atom. The lowest BCUT2D eigenvalue weighted by Gasteiger charge is -2.26. The van der Waals surface area contributed by atoms with Crippen LogP contribution in [0.25, 0.3) is 0 Å². The summed E-state index contributed by atoms with van der Waals surface area (Å²) in [6.45, 7) is 2.98. The maximum atomic E-state index is 12.0. The predicted octanol–water partition coefficient (Wildman–Crippen LogP) is 0.799. The number of amides is 1. The Balaban J connectivity index is 1.83. The molecule has 110 valence electrons. The molecule has 7 nitrogen and oxygen atoms in total. The van der Waals surface area contributed by atoms with Gasteiger partial charge in [0.25, 0.3) is 0 Å². The van der Waals surface area contributed by atoms with Gasteiger partial charge < -0.3 is 19.7 Å². The number of methoxy groups -OCH3 is 1. The molecule has 0 spiro atoms. The monoisotopic (exact) mass is 300 g/mol. The van der Waals surface area contributed by atoms with Gasteiger partial charge in [0.15, 0.2) is 16.7 Å². The maximum Gasteiger partial charge on any atom is 0.224 e. The van der Waals surface area contributed by atoms with E-state index in [1.807, 2.05) is 0 Å². The van der Waals surface area contributed by atoms with Crippen LogP contribution in [0.4, 0.5) is 5.82 Å².